The van der Waals surface area contributed by atoms with Crippen LogP contribution >= 0.6 is 0 Å². The molecule has 190 valence electrons. The van der Waals surface area contributed by atoms with E-state index in [-0.39, 0.29) is 0 Å². The van der Waals surface area contributed by atoms with Gasteiger partial charge in [-0.2, -0.15) is 0 Å². The number of pyridine rings is 1. The minimum absolute atomic E-state index is 0.832. The van der Waals surface area contributed by atoms with Crippen molar-refractivity contribution in [3.63, 3.8) is 0 Å². The molecule has 5 aromatic rings. The molecule has 0 spiro atoms. The Morgan fingerprint density at radius 2 is 1.47 bits per heavy atom. The van der Waals surface area contributed by atoms with Gasteiger partial charge in [-0.25, -0.2) is 4.98 Å². The normalized spacial score (nSPS) is 14.4. The van der Waals surface area contributed by atoms with Gasteiger partial charge in [0.05, 0.1) is 18.8 Å². The van der Waals surface area contributed by atoms with Crippen molar-refractivity contribution in [3.05, 3.63) is 84.3 Å². The first kappa shape index (κ1) is 23.5. The smallest absolute Gasteiger partial charge is 0.300 e. The second kappa shape index (κ2) is 9.85. The predicted octanol–water partition coefficient (Wildman–Crippen LogP) is 3.94. The number of hydrogen-bond acceptors (Lipinski definition) is 6. The minimum atomic E-state index is -0.833. The number of aliphatic carboxylic acids is 1. The van der Waals surface area contributed by atoms with Crippen LogP contribution in [-0.4, -0.2) is 63.3 Å². The molecule has 2 aliphatic heterocycles. The van der Waals surface area contributed by atoms with Gasteiger partial charge in [0.2, 0.25) is 0 Å². The summed E-state index contributed by atoms with van der Waals surface area (Å²) in [6, 6.07) is 19.2. The standard InChI is InChI=1S/C27H23N7.C2H4O2/c1-3-18(24-16-34-15-20(6-8-25(34)33-24)27-30-11-12-31-27)4-2-17(1)22-14-32-23-13-19(5-7-21(22)23)26-28-9-10-29-26;1-2(3)4/h1-8,13-16,32H,9-12H2,(H,28,29)(H,30,31);1H3,(H,3,4). The van der Waals surface area contributed by atoms with E-state index in [1.165, 1.54) is 16.5 Å². The summed E-state index contributed by atoms with van der Waals surface area (Å²) in [5.74, 6) is 1.11. The van der Waals surface area contributed by atoms with E-state index in [9.17, 15) is 0 Å². The summed E-state index contributed by atoms with van der Waals surface area (Å²) in [4.78, 5) is 26.3. The molecule has 0 atom stereocenters. The first-order valence-electron chi connectivity index (χ1n) is 12.5. The van der Waals surface area contributed by atoms with Crippen LogP contribution < -0.4 is 10.6 Å². The molecule has 0 radical (unpaired) electrons. The van der Waals surface area contributed by atoms with E-state index in [0.717, 1.165) is 78.3 Å². The number of carbonyl (C=O) groups is 1. The third-order valence-electron chi connectivity index (χ3n) is 6.52. The average molecular weight is 506 g/mol. The number of amidine groups is 2. The SMILES string of the molecule is CC(=O)O.c1cc2c(-c3ccc(-c4cn5cc(C6=NCCN6)ccc5n4)cc3)c[nH]c2cc1C1=NCCN1. The number of nitrogens with zero attached hydrogens (tertiary/aromatic N) is 4. The molecule has 0 bridgehead atoms. The highest BCUT2D eigenvalue weighted by Gasteiger charge is 2.13. The third-order valence-corrected chi connectivity index (χ3v) is 6.52. The topological polar surface area (TPSA) is 119 Å². The zero-order valence-electron chi connectivity index (χ0n) is 20.9. The first-order valence-corrected chi connectivity index (χ1v) is 12.5. The van der Waals surface area contributed by atoms with Gasteiger partial charge in [-0.1, -0.05) is 36.4 Å². The van der Waals surface area contributed by atoms with Gasteiger partial charge < -0.3 is 25.1 Å². The Labute approximate surface area is 219 Å². The molecule has 0 saturated carbocycles. The van der Waals surface area contributed by atoms with Gasteiger partial charge in [0.1, 0.15) is 17.3 Å². The lowest BCUT2D eigenvalue weighted by atomic mass is 10.0. The van der Waals surface area contributed by atoms with E-state index < -0.39 is 5.97 Å². The number of aromatic nitrogens is 3. The Bertz CT molecular complexity index is 1710. The molecule has 0 fully saturated rings. The quantitative estimate of drug-likeness (QED) is 0.295. The van der Waals surface area contributed by atoms with E-state index in [1.807, 2.05) is 6.07 Å². The average Bonchev–Trinajstić information content (AvgIpc) is 3.74. The maximum atomic E-state index is 9.00. The van der Waals surface area contributed by atoms with Gasteiger partial charge in [0.25, 0.3) is 5.97 Å². The lowest BCUT2D eigenvalue weighted by molar-refractivity contribution is -0.134. The summed E-state index contributed by atoms with van der Waals surface area (Å²) in [5.41, 5.74) is 8.67. The number of rotatable bonds is 4. The number of hydrogen-bond donors (Lipinski definition) is 4. The summed E-state index contributed by atoms with van der Waals surface area (Å²) in [7, 11) is 0. The van der Waals surface area contributed by atoms with Crippen molar-refractivity contribution in [1.82, 2.24) is 25.0 Å². The third kappa shape index (κ3) is 4.61. The molecule has 0 amide bonds. The molecular weight excluding hydrogens is 478 g/mol. The van der Waals surface area contributed by atoms with Gasteiger partial charge in [-0.05, 0) is 23.8 Å². The fourth-order valence-corrected chi connectivity index (χ4v) is 4.79. The monoisotopic (exact) mass is 505 g/mol. The summed E-state index contributed by atoms with van der Waals surface area (Å²) in [6.07, 6.45) is 6.25. The number of nitrogens with one attached hydrogen (secondary N) is 3. The number of fused-ring (bicyclic) bond motifs is 2. The van der Waals surface area contributed by atoms with Crippen molar-refractivity contribution in [2.75, 3.05) is 26.2 Å². The van der Waals surface area contributed by atoms with Crippen LogP contribution in [0.15, 0.2) is 83.2 Å². The number of aromatic amines is 1. The van der Waals surface area contributed by atoms with E-state index in [4.69, 9.17) is 14.9 Å². The van der Waals surface area contributed by atoms with E-state index in [0.29, 0.717) is 0 Å². The maximum Gasteiger partial charge on any atom is 0.300 e. The highest BCUT2D eigenvalue weighted by atomic mass is 16.4. The van der Waals surface area contributed by atoms with Crippen molar-refractivity contribution in [2.45, 2.75) is 6.92 Å². The van der Waals surface area contributed by atoms with Gasteiger partial charge >= 0.3 is 0 Å². The predicted molar refractivity (Wildman–Crippen MR) is 150 cm³/mol. The van der Waals surface area contributed by atoms with E-state index in [2.05, 4.69) is 97.1 Å². The van der Waals surface area contributed by atoms with Crippen molar-refractivity contribution in [3.8, 4) is 22.4 Å². The Kier molecular flexibility index (Phi) is 6.09. The number of H-pyrrole nitrogens is 1. The second-order valence-electron chi connectivity index (χ2n) is 9.18. The molecule has 0 aliphatic carbocycles. The fraction of sp³-hybridized carbons (Fsp3) is 0.172. The molecule has 5 heterocycles. The molecule has 7 rings (SSSR count). The fourth-order valence-electron chi connectivity index (χ4n) is 4.79. The van der Waals surface area contributed by atoms with Gasteiger partial charge in [-0.3, -0.25) is 14.8 Å². The lowest BCUT2D eigenvalue weighted by Crippen LogP contribution is -2.19. The Hall–Kier alpha value is -4.92. The maximum absolute atomic E-state index is 9.00. The zero-order valence-corrected chi connectivity index (χ0v) is 20.9. The molecular formula is C29H27N7O2. The molecule has 0 saturated heterocycles. The van der Waals surface area contributed by atoms with Crippen LogP contribution in [0.1, 0.15) is 18.1 Å². The highest BCUT2D eigenvalue weighted by molar-refractivity contribution is 6.04. The van der Waals surface area contributed by atoms with Crippen LogP contribution in [0.2, 0.25) is 0 Å². The van der Waals surface area contributed by atoms with E-state index >= 15 is 0 Å². The van der Waals surface area contributed by atoms with Gasteiger partial charge in [0, 0.05) is 71.8 Å². The van der Waals surface area contributed by atoms with Crippen LogP contribution in [0.3, 0.4) is 0 Å². The number of imidazole rings is 1. The Balaban J connectivity index is 0.000000620. The molecule has 3 aromatic heterocycles. The van der Waals surface area contributed by atoms with Crippen molar-refractivity contribution in [2.24, 2.45) is 9.98 Å². The molecule has 9 heteroatoms. The summed E-state index contributed by atoms with van der Waals surface area (Å²) < 4.78 is 2.07. The number of benzene rings is 2. The molecule has 2 aromatic carbocycles. The van der Waals surface area contributed by atoms with Crippen LogP contribution in [0.5, 0.6) is 0 Å². The lowest BCUT2D eigenvalue weighted by Gasteiger charge is -2.04. The zero-order chi connectivity index (χ0) is 26.1. The largest absolute Gasteiger partial charge is 0.481 e. The van der Waals surface area contributed by atoms with Crippen molar-refractivity contribution < 1.29 is 9.90 Å². The molecule has 2 aliphatic rings. The van der Waals surface area contributed by atoms with Crippen LogP contribution in [-0.2, 0) is 4.79 Å². The summed E-state index contributed by atoms with van der Waals surface area (Å²) in [5, 5.41) is 15.3. The number of carboxylic acids is 1. The van der Waals surface area contributed by atoms with Crippen molar-refractivity contribution in [1.29, 1.82) is 0 Å². The number of aliphatic imine (C=N–C) groups is 2. The molecule has 0 unspecified atom stereocenters. The van der Waals surface area contributed by atoms with E-state index in [1.54, 1.807) is 0 Å². The summed E-state index contributed by atoms with van der Waals surface area (Å²) in [6.45, 7) is 4.57. The highest BCUT2D eigenvalue weighted by Crippen LogP contribution is 2.31. The molecule has 38 heavy (non-hydrogen) atoms. The summed E-state index contributed by atoms with van der Waals surface area (Å²) >= 11 is 0. The molecule has 9 nitrogen and oxygen atoms in total. The number of carboxylic acid groups (broad SMARTS) is 1. The first-order chi connectivity index (χ1) is 18.5. The minimum Gasteiger partial charge on any atom is -0.481 e. The Morgan fingerprint density at radius 3 is 2.16 bits per heavy atom. The Morgan fingerprint density at radius 1 is 0.842 bits per heavy atom. The van der Waals surface area contributed by atoms with Crippen LogP contribution in [0, 0.1) is 0 Å². The molecule has 4 N–H and O–H groups in total. The van der Waals surface area contributed by atoms with Crippen LogP contribution in [0.25, 0.3) is 38.9 Å². The van der Waals surface area contributed by atoms with Crippen molar-refractivity contribution >= 4 is 34.2 Å². The van der Waals surface area contributed by atoms with Crippen LogP contribution in [0.4, 0.5) is 0 Å². The second-order valence-corrected chi connectivity index (χ2v) is 9.18. The van der Waals surface area contributed by atoms with Gasteiger partial charge in [-0.15, -0.1) is 0 Å². The van der Waals surface area contributed by atoms with Gasteiger partial charge in [0.15, 0.2) is 0 Å².